The molecule has 0 fully saturated rings. The van der Waals surface area contributed by atoms with E-state index in [1.807, 2.05) is 29.6 Å². The van der Waals surface area contributed by atoms with Crippen molar-refractivity contribution < 1.29 is 13.2 Å². The summed E-state index contributed by atoms with van der Waals surface area (Å²) in [5, 5.41) is 10.3. The number of nitrogens with one attached hydrogen (secondary N) is 1. The molecule has 0 radical (unpaired) electrons. The van der Waals surface area contributed by atoms with Crippen molar-refractivity contribution in [2.24, 2.45) is 0 Å². The summed E-state index contributed by atoms with van der Waals surface area (Å²) in [5.74, 6) is -0.487. The van der Waals surface area contributed by atoms with Gasteiger partial charge in [-0.3, -0.25) is 9.59 Å². The Morgan fingerprint density at radius 3 is 2.44 bits per heavy atom. The number of nitrogens with zero attached hydrogens (tertiary/aromatic N) is 3. The van der Waals surface area contributed by atoms with Crippen LogP contribution in [-0.2, 0) is 21.4 Å². The highest BCUT2D eigenvalue weighted by Gasteiger charge is 2.22. The molecule has 0 bridgehead atoms. The van der Waals surface area contributed by atoms with E-state index in [1.54, 1.807) is 38.1 Å². The molecule has 0 aliphatic rings. The zero-order valence-electron chi connectivity index (χ0n) is 18.8. The van der Waals surface area contributed by atoms with Crippen LogP contribution < -0.4 is 10.9 Å². The van der Waals surface area contributed by atoms with E-state index in [4.69, 9.17) is 0 Å². The quantitative estimate of drug-likeness (QED) is 0.400. The van der Waals surface area contributed by atoms with Crippen molar-refractivity contribution in [3.8, 4) is 10.6 Å². The molecule has 2 aromatic heterocycles. The van der Waals surface area contributed by atoms with Gasteiger partial charge in [-0.2, -0.15) is 9.40 Å². The van der Waals surface area contributed by atoms with Crippen LogP contribution in [0.15, 0.2) is 75.7 Å². The van der Waals surface area contributed by atoms with Gasteiger partial charge in [-0.05, 0) is 35.7 Å². The molecule has 4 aromatic rings. The van der Waals surface area contributed by atoms with Crippen LogP contribution in [0.4, 0.5) is 5.69 Å². The summed E-state index contributed by atoms with van der Waals surface area (Å²) < 4.78 is 28.1. The maximum Gasteiger partial charge on any atom is 0.275 e. The van der Waals surface area contributed by atoms with Gasteiger partial charge in [-0.15, -0.1) is 11.3 Å². The first-order chi connectivity index (χ1) is 16.3. The molecule has 1 N–H and O–H groups in total. The molecule has 0 spiro atoms. The van der Waals surface area contributed by atoms with Crippen molar-refractivity contribution in [2.75, 3.05) is 18.4 Å². The van der Waals surface area contributed by atoms with E-state index >= 15 is 0 Å². The Kier molecular flexibility index (Phi) is 6.92. The normalized spacial score (nSPS) is 11.7. The number of hydrogen-bond donors (Lipinski definition) is 1. The summed E-state index contributed by atoms with van der Waals surface area (Å²) in [6.45, 7) is 3.92. The minimum absolute atomic E-state index is 0.0926. The zero-order chi connectivity index (χ0) is 24.3. The molecule has 0 saturated carbocycles. The summed E-state index contributed by atoms with van der Waals surface area (Å²) in [6, 6.07) is 17.1. The van der Waals surface area contributed by atoms with Crippen molar-refractivity contribution in [3.05, 3.63) is 76.4 Å². The monoisotopic (exact) mass is 496 g/mol. The Morgan fingerprint density at radius 2 is 1.76 bits per heavy atom. The second-order valence-electron chi connectivity index (χ2n) is 7.50. The Morgan fingerprint density at radius 1 is 1.03 bits per heavy atom. The highest BCUT2D eigenvalue weighted by molar-refractivity contribution is 7.89. The number of sulfonamides is 1. The lowest BCUT2D eigenvalue weighted by atomic mass is 10.1. The third-order valence-corrected chi connectivity index (χ3v) is 8.30. The summed E-state index contributed by atoms with van der Waals surface area (Å²) >= 11 is 1.50. The van der Waals surface area contributed by atoms with E-state index in [0.717, 1.165) is 14.9 Å². The number of hydrogen-bond acceptors (Lipinski definition) is 6. The number of rotatable bonds is 8. The van der Waals surface area contributed by atoms with Crippen LogP contribution in [-0.4, -0.2) is 41.5 Å². The zero-order valence-corrected chi connectivity index (χ0v) is 20.4. The van der Waals surface area contributed by atoms with Gasteiger partial charge in [0.05, 0.1) is 15.2 Å². The first-order valence-corrected chi connectivity index (χ1v) is 13.1. The largest absolute Gasteiger partial charge is 0.324 e. The number of carbonyl (C=O) groups is 1. The molecule has 34 heavy (non-hydrogen) atoms. The molecule has 0 unspecified atom stereocenters. The van der Waals surface area contributed by atoms with Crippen LogP contribution in [0.25, 0.3) is 21.3 Å². The summed E-state index contributed by atoms with van der Waals surface area (Å²) in [7, 11) is -3.66. The molecule has 4 rings (SSSR count). The highest BCUT2D eigenvalue weighted by Crippen LogP contribution is 2.28. The Hall–Kier alpha value is -3.34. The van der Waals surface area contributed by atoms with E-state index < -0.39 is 15.9 Å². The van der Waals surface area contributed by atoms with Gasteiger partial charge in [0.2, 0.25) is 15.9 Å². The molecule has 2 heterocycles. The second-order valence-corrected chi connectivity index (χ2v) is 10.4. The lowest BCUT2D eigenvalue weighted by molar-refractivity contribution is -0.117. The molecule has 176 valence electrons. The van der Waals surface area contributed by atoms with Gasteiger partial charge in [0.15, 0.2) is 0 Å². The smallest absolute Gasteiger partial charge is 0.275 e. The third kappa shape index (κ3) is 4.65. The number of aromatic nitrogens is 2. The van der Waals surface area contributed by atoms with Crippen LogP contribution in [0.3, 0.4) is 0 Å². The first-order valence-electron chi connectivity index (χ1n) is 10.8. The Balaban J connectivity index is 1.63. The van der Waals surface area contributed by atoms with Gasteiger partial charge in [-0.1, -0.05) is 44.2 Å². The van der Waals surface area contributed by atoms with Crippen LogP contribution >= 0.6 is 11.3 Å². The van der Waals surface area contributed by atoms with Crippen LogP contribution in [0.1, 0.15) is 13.8 Å². The van der Waals surface area contributed by atoms with Crippen molar-refractivity contribution in [3.63, 3.8) is 0 Å². The summed E-state index contributed by atoms with van der Waals surface area (Å²) in [4.78, 5) is 26.8. The Labute approximate surface area is 201 Å². The maximum atomic E-state index is 13.0. The van der Waals surface area contributed by atoms with E-state index in [9.17, 15) is 18.0 Å². The fourth-order valence-corrected chi connectivity index (χ4v) is 5.95. The third-order valence-electron chi connectivity index (χ3n) is 5.38. The van der Waals surface area contributed by atoms with Crippen molar-refractivity contribution >= 4 is 43.7 Å². The number of anilines is 1. The maximum absolute atomic E-state index is 13.0. The molecule has 0 aliphatic carbocycles. The van der Waals surface area contributed by atoms with E-state index in [2.05, 4.69) is 10.4 Å². The minimum Gasteiger partial charge on any atom is -0.324 e. The molecule has 0 saturated heterocycles. The number of fused-ring (bicyclic) bond motifs is 1. The van der Waals surface area contributed by atoms with Gasteiger partial charge < -0.3 is 5.32 Å². The van der Waals surface area contributed by atoms with E-state index in [1.165, 1.54) is 27.8 Å². The fraction of sp³-hybridized carbons (Fsp3) is 0.208. The molecule has 0 atom stereocenters. The molecular formula is C24H24N4O4S2. The lowest BCUT2D eigenvalue weighted by Gasteiger charge is -2.19. The molecular weight excluding hydrogens is 472 g/mol. The van der Waals surface area contributed by atoms with E-state index in [0.29, 0.717) is 29.9 Å². The molecule has 10 heteroatoms. The standard InChI is InChI=1S/C24H24N4O4S2/c1-3-27(4-2)34(31,32)18-10-7-9-17(15-18)25-22(29)16-28-24(30)20-12-6-5-11-19(20)23(26-28)21-13-8-14-33-21/h5-15H,3-4,16H2,1-2H3,(H,25,29). The topological polar surface area (TPSA) is 101 Å². The average molecular weight is 497 g/mol. The number of carbonyl (C=O) groups excluding carboxylic acids is 1. The van der Waals surface area contributed by atoms with Gasteiger partial charge in [0.25, 0.3) is 5.56 Å². The van der Waals surface area contributed by atoms with Crippen LogP contribution in [0.2, 0.25) is 0 Å². The number of thiophene rings is 1. The van der Waals surface area contributed by atoms with Gasteiger partial charge in [0, 0.05) is 24.2 Å². The minimum atomic E-state index is -3.66. The SMILES string of the molecule is CCN(CC)S(=O)(=O)c1cccc(NC(=O)Cn2nc(-c3cccs3)c3ccccc3c2=O)c1. The summed E-state index contributed by atoms with van der Waals surface area (Å²) in [5.41, 5.74) is 0.583. The molecule has 0 aliphatic heterocycles. The van der Waals surface area contributed by atoms with Crippen molar-refractivity contribution in [2.45, 2.75) is 25.3 Å². The van der Waals surface area contributed by atoms with Crippen molar-refractivity contribution in [1.82, 2.24) is 14.1 Å². The highest BCUT2D eigenvalue weighted by atomic mass is 32.2. The first kappa shape index (κ1) is 23.8. The summed E-state index contributed by atoms with van der Waals surface area (Å²) in [6.07, 6.45) is 0. The van der Waals surface area contributed by atoms with Crippen molar-refractivity contribution in [1.29, 1.82) is 0 Å². The molecule has 1 amide bonds. The van der Waals surface area contributed by atoms with Gasteiger partial charge in [0.1, 0.15) is 12.2 Å². The predicted octanol–water partition coefficient (Wildman–Crippen LogP) is 3.79. The van der Waals surface area contributed by atoms with Gasteiger partial charge >= 0.3 is 0 Å². The number of benzene rings is 2. The van der Waals surface area contributed by atoms with Crippen LogP contribution in [0, 0.1) is 0 Å². The fourth-order valence-electron chi connectivity index (χ4n) is 3.72. The Bertz CT molecular complexity index is 1490. The average Bonchev–Trinajstić information content (AvgIpc) is 3.36. The predicted molar refractivity (Wildman–Crippen MR) is 134 cm³/mol. The lowest BCUT2D eigenvalue weighted by Crippen LogP contribution is -2.31. The van der Waals surface area contributed by atoms with Crippen LogP contribution in [0.5, 0.6) is 0 Å². The molecule has 8 nitrogen and oxygen atoms in total. The van der Waals surface area contributed by atoms with E-state index in [-0.39, 0.29) is 17.0 Å². The second kappa shape index (κ2) is 9.88. The number of amides is 1. The molecule has 2 aromatic carbocycles. The van der Waals surface area contributed by atoms with Gasteiger partial charge in [-0.25, -0.2) is 13.1 Å².